The van der Waals surface area contributed by atoms with E-state index in [1.807, 2.05) is 28.0 Å². The summed E-state index contributed by atoms with van der Waals surface area (Å²) in [6, 6.07) is 7.34. The summed E-state index contributed by atoms with van der Waals surface area (Å²) in [5.41, 5.74) is -1.15. The van der Waals surface area contributed by atoms with E-state index in [0.717, 1.165) is 38.8 Å². The lowest BCUT2D eigenvalue weighted by Gasteiger charge is -2.43. The van der Waals surface area contributed by atoms with Crippen LogP contribution in [0.1, 0.15) is 52.4 Å². The summed E-state index contributed by atoms with van der Waals surface area (Å²) >= 11 is 6.10. The molecular weight excluding hydrogens is 416 g/mol. The van der Waals surface area contributed by atoms with Crippen molar-refractivity contribution in [3.8, 4) is 5.75 Å². The molecule has 0 saturated carbocycles. The van der Waals surface area contributed by atoms with E-state index in [9.17, 15) is 9.59 Å². The number of nitrogens with zero attached hydrogens (tertiary/aromatic N) is 2. The molecule has 3 rings (SSSR count). The normalized spacial score (nSPS) is 19.2. The number of ether oxygens (including phenoxy) is 2. The van der Waals surface area contributed by atoms with Gasteiger partial charge in [-0.3, -0.25) is 9.59 Å². The van der Waals surface area contributed by atoms with Crippen LogP contribution in [-0.4, -0.2) is 67.1 Å². The second-order valence-corrected chi connectivity index (χ2v) is 9.81. The van der Waals surface area contributed by atoms with Crippen LogP contribution in [0.25, 0.3) is 0 Å². The first-order chi connectivity index (χ1) is 14.7. The fraction of sp³-hybridized carbons (Fsp3) is 0.667. The van der Waals surface area contributed by atoms with E-state index in [1.165, 1.54) is 6.42 Å². The van der Waals surface area contributed by atoms with E-state index in [4.69, 9.17) is 21.1 Å². The number of carbonyl (C=O) groups is 2. The van der Waals surface area contributed by atoms with Crippen LogP contribution < -0.4 is 4.74 Å². The summed E-state index contributed by atoms with van der Waals surface area (Å²) in [5, 5.41) is 0.623. The average molecular weight is 451 g/mol. The van der Waals surface area contributed by atoms with Crippen LogP contribution in [0.15, 0.2) is 24.3 Å². The summed E-state index contributed by atoms with van der Waals surface area (Å²) in [7, 11) is 1.56. The van der Waals surface area contributed by atoms with E-state index in [-0.39, 0.29) is 17.2 Å². The monoisotopic (exact) mass is 450 g/mol. The Morgan fingerprint density at radius 3 is 2.35 bits per heavy atom. The number of rotatable bonds is 7. The first-order valence-corrected chi connectivity index (χ1v) is 11.6. The van der Waals surface area contributed by atoms with Crippen molar-refractivity contribution >= 4 is 23.4 Å². The predicted octanol–water partition coefficient (Wildman–Crippen LogP) is 4.16. The average Bonchev–Trinajstić information content (AvgIpc) is 2.78. The van der Waals surface area contributed by atoms with Crippen molar-refractivity contribution in [2.75, 3.05) is 39.9 Å². The third kappa shape index (κ3) is 6.13. The molecule has 1 aromatic carbocycles. The lowest BCUT2D eigenvalue weighted by atomic mass is 9.75. The summed E-state index contributed by atoms with van der Waals surface area (Å²) in [5.74, 6) is 0.893. The molecule has 2 saturated heterocycles. The Kier molecular flexibility index (Phi) is 7.87. The fourth-order valence-electron chi connectivity index (χ4n) is 4.39. The Labute approximate surface area is 190 Å². The minimum atomic E-state index is -0.846. The maximum absolute atomic E-state index is 13.1. The summed E-state index contributed by atoms with van der Waals surface area (Å²) < 4.78 is 11.5. The van der Waals surface area contributed by atoms with Gasteiger partial charge in [-0.2, -0.15) is 0 Å². The molecule has 7 heteroatoms. The number of likely N-dealkylation sites (tertiary alicyclic amines) is 2. The lowest BCUT2D eigenvalue weighted by Crippen LogP contribution is -2.53. The number of hydrogen-bond donors (Lipinski definition) is 0. The van der Waals surface area contributed by atoms with E-state index in [1.54, 1.807) is 27.0 Å². The molecule has 1 aromatic rings. The number of amides is 2. The van der Waals surface area contributed by atoms with E-state index in [2.05, 4.69) is 0 Å². The molecular formula is C24H35ClN2O4. The van der Waals surface area contributed by atoms with E-state index < -0.39 is 5.60 Å². The number of piperidine rings is 2. The van der Waals surface area contributed by atoms with Gasteiger partial charge in [-0.1, -0.05) is 17.7 Å². The Bertz CT molecular complexity index is 769. The zero-order chi connectivity index (χ0) is 22.5. The highest BCUT2D eigenvalue weighted by atomic mass is 35.5. The number of benzene rings is 1. The first-order valence-electron chi connectivity index (χ1n) is 11.3. The van der Waals surface area contributed by atoms with Gasteiger partial charge in [0.2, 0.25) is 5.91 Å². The van der Waals surface area contributed by atoms with Gasteiger partial charge in [0.15, 0.2) is 0 Å². The zero-order valence-corrected chi connectivity index (χ0v) is 19.7. The molecule has 2 amide bonds. The maximum atomic E-state index is 13.1. The van der Waals surface area contributed by atoms with Gasteiger partial charge in [0.05, 0.1) is 6.61 Å². The molecule has 0 atom stereocenters. The maximum Gasteiger partial charge on any atom is 0.254 e. The smallest absolute Gasteiger partial charge is 0.254 e. The quantitative estimate of drug-likeness (QED) is 0.626. The molecule has 0 radical (unpaired) electrons. The van der Waals surface area contributed by atoms with Crippen LogP contribution in [0, 0.1) is 5.41 Å². The molecule has 2 heterocycles. The Morgan fingerprint density at radius 2 is 1.74 bits per heavy atom. The zero-order valence-electron chi connectivity index (χ0n) is 19.0. The van der Waals surface area contributed by atoms with Crippen LogP contribution in [0.4, 0.5) is 0 Å². The van der Waals surface area contributed by atoms with Gasteiger partial charge >= 0.3 is 0 Å². The largest absolute Gasteiger partial charge is 0.493 e. The SMILES string of the molecule is COC(C)(C)C(=O)N1CCC(COc2cccc(Cl)c2)(CC(=O)N2CCCCC2)CC1. The van der Waals surface area contributed by atoms with Crippen molar-refractivity contribution in [3.05, 3.63) is 29.3 Å². The van der Waals surface area contributed by atoms with Crippen molar-refractivity contribution in [3.63, 3.8) is 0 Å². The van der Waals surface area contributed by atoms with Crippen molar-refractivity contribution < 1.29 is 19.1 Å². The second kappa shape index (κ2) is 10.2. The van der Waals surface area contributed by atoms with E-state index in [0.29, 0.717) is 36.9 Å². The van der Waals surface area contributed by atoms with Gasteiger partial charge in [-0.25, -0.2) is 0 Å². The van der Waals surface area contributed by atoms with Gasteiger partial charge < -0.3 is 19.3 Å². The molecule has 2 fully saturated rings. The third-order valence-corrected chi connectivity index (χ3v) is 6.95. The van der Waals surface area contributed by atoms with Crippen molar-refractivity contribution in [2.24, 2.45) is 5.41 Å². The number of methoxy groups -OCH3 is 1. The molecule has 0 bridgehead atoms. The van der Waals surface area contributed by atoms with Gasteiger partial charge in [-0.15, -0.1) is 0 Å². The molecule has 2 aliphatic rings. The molecule has 0 aliphatic carbocycles. The summed E-state index contributed by atoms with van der Waals surface area (Å²) in [6.45, 7) is 6.89. The second-order valence-electron chi connectivity index (χ2n) is 9.37. The predicted molar refractivity (Wildman–Crippen MR) is 121 cm³/mol. The van der Waals surface area contributed by atoms with Crippen LogP contribution in [0.5, 0.6) is 5.75 Å². The molecule has 2 aliphatic heterocycles. The summed E-state index contributed by atoms with van der Waals surface area (Å²) in [4.78, 5) is 29.8. The Balaban J connectivity index is 1.70. The van der Waals surface area contributed by atoms with Crippen LogP contribution in [-0.2, 0) is 14.3 Å². The van der Waals surface area contributed by atoms with Crippen LogP contribution >= 0.6 is 11.6 Å². The van der Waals surface area contributed by atoms with Gasteiger partial charge in [0, 0.05) is 50.1 Å². The highest BCUT2D eigenvalue weighted by Crippen LogP contribution is 2.38. The lowest BCUT2D eigenvalue weighted by molar-refractivity contribution is -0.154. The molecule has 6 nitrogen and oxygen atoms in total. The van der Waals surface area contributed by atoms with Gasteiger partial charge in [0.1, 0.15) is 11.4 Å². The minimum absolute atomic E-state index is 0.0123. The molecule has 172 valence electrons. The number of carbonyl (C=O) groups excluding carboxylic acids is 2. The highest BCUT2D eigenvalue weighted by Gasteiger charge is 2.42. The van der Waals surface area contributed by atoms with Gasteiger partial charge in [-0.05, 0) is 64.2 Å². The van der Waals surface area contributed by atoms with Crippen LogP contribution in [0.3, 0.4) is 0 Å². The van der Waals surface area contributed by atoms with Gasteiger partial charge in [0.25, 0.3) is 5.91 Å². The highest BCUT2D eigenvalue weighted by molar-refractivity contribution is 6.30. The summed E-state index contributed by atoms with van der Waals surface area (Å²) in [6.07, 6.45) is 5.23. The van der Waals surface area contributed by atoms with Crippen molar-refractivity contribution in [1.82, 2.24) is 9.80 Å². The molecule has 0 unspecified atom stereocenters. The third-order valence-electron chi connectivity index (χ3n) is 6.71. The Hall–Kier alpha value is -1.79. The van der Waals surface area contributed by atoms with E-state index >= 15 is 0 Å². The van der Waals surface area contributed by atoms with Crippen LogP contribution in [0.2, 0.25) is 5.02 Å². The molecule has 0 N–H and O–H groups in total. The van der Waals surface area contributed by atoms with Crippen molar-refractivity contribution in [2.45, 2.75) is 58.0 Å². The minimum Gasteiger partial charge on any atom is -0.493 e. The fourth-order valence-corrected chi connectivity index (χ4v) is 4.57. The number of hydrogen-bond acceptors (Lipinski definition) is 4. The standard InChI is InChI=1S/C24H35ClN2O4/c1-23(2,30-3)22(29)27-14-10-24(11-15-27,17-21(28)26-12-5-4-6-13-26)18-31-20-9-7-8-19(25)16-20/h7-9,16H,4-6,10-15,17-18H2,1-3H3. The number of halogens is 1. The topological polar surface area (TPSA) is 59.1 Å². The molecule has 0 aromatic heterocycles. The molecule has 0 spiro atoms. The first kappa shape index (κ1) is 23.9. The molecule has 31 heavy (non-hydrogen) atoms. The van der Waals surface area contributed by atoms with Crippen molar-refractivity contribution in [1.29, 1.82) is 0 Å². The Morgan fingerprint density at radius 1 is 1.06 bits per heavy atom.